The number of guanidine groups is 1. The van der Waals surface area contributed by atoms with Crippen LogP contribution in [-0.4, -0.2) is 47.4 Å². The maximum absolute atomic E-state index is 11.7. The van der Waals surface area contributed by atoms with E-state index in [0.29, 0.717) is 36.5 Å². The second-order valence-corrected chi connectivity index (χ2v) is 8.50. The fraction of sp³-hybridized carbons (Fsp3) is 0.611. The van der Waals surface area contributed by atoms with E-state index in [0.717, 1.165) is 24.2 Å². The lowest BCUT2D eigenvalue weighted by molar-refractivity contribution is 0.128. The van der Waals surface area contributed by atoms with Crippen molar-refractivity contribution in [1.82, 2.24) is 10.6 Å². The number of nitrogens with one attached hydrogen (secondary N) is 2. The van der Waals surface area contributed by atoms with Crippen LogP contribution in [0.3, 0.4) is 0 Å². The minimum atomic E-state index is -3.18. The van der Waals surface area contributed by atoms with E-state index in [-0.39, 0.29) is 0 Å². The van der Waals surface area contributed by atoms with E-state index < -0.39 is 9.84 Å². The van der Waals surface area contributed by atoms with Crippen molar-refractivity contribution < 1.29 is 13.2 Å². The van der Waals surface area contributed by atoms with Gasteiger partial charge in [-0.05, 0) is 36.5 Å². The van der Waals surface area contributed by atoms with Gasteiger partial charge in [0.2, 0.25) is 0 Å². The summed E-state index contributed by atoms with van der Waals surface area (Å²) in [6, 6.07) is 5.35. The highest BCUT2D eigenvalue weighted by molar-refractivity contribution is 7.90. The van der Waals surface area contributed by atoms with Crippen molar-refractivity contribution in [1.29, 1.82) is 0 Å². The lowest BCUT2D eigenvalue weighted by Gasteiger charge is -2.13. The van der Waals surface area contributed by atoms with Gasteiger partial charge in [0.25, 0.3) is 0 Å². The van der Waals surface area contributed by atoms with Gasteiger partial charge in [-0.15, -0.1) is 0 Å². The lowest BCUT2D eigenvalue weighted by Crippen LogP contribution is -2.38. The van der Waals surface area contributed by atoms with Crippen molar-refractivity contribution in [3.63, 3.8) is 0 Å². The highest BCUT2D eigenvalue weighted by Gasteiger charge is 2.10. The molecule has 1 aromatic rings. The van der Waals surface area contributed by atoms with Crippen LogP contribution in [0.15, 0.2) is 28.1 Å². The third kappa shape index (κ3) is 8.36. The van der Waals surface area contributed by atoms with Crippen molar-refractivity contribution >= 4 is 15.8 Å². The number of benzene rings is 1. The normalized spacial score (nSPS) is 12.5. The SMILES string of the molecule is CN=C(NCCOCCC(C)C)NCc1ccc(S(C)(=O)=O)c(C)c1. The van der Waals surface area contributed by atoms with Gasteiger partial charge in [0.15, 0.2) is 15.8 Å². The van der Waals surface area contributed by atoms with Crippen LogP contribution in [0.4, 0.5) is 0 Å². The third-order valence-corrected chi connectivity index (χ3v) is 4.96. The van der Waals surface area contributed by atoms with E-state index in [1.54, 1.807) is 20.0 Å². The number of nitrogens with zero attached hydrogens (tertiary/aromatic N) is 1. The van der Waals surface area contributed by atoms with E-state index in [1.165, 1.54) is 6.26 Å². The summed E-state index contributed by atoms with van der Waals surface area (Å²) in [7, 11) is -1.47. The molecule has 0 spiro atoms. The van der Waals surface area contributed by atoms with Gasteiger partial charge in [-0.3, -0.25) is 4.99 Å². The zero-order chi connectivity index (χ0) is 18.9. The molecule has 25 heavy (non-hydrogen) atoms. The first-order valence-corrected chi connectivity index (χ1v) is 10.4. The van der Waals surface area contributed by atoms with Crippen LogP contribution in [0.5, 0.6) is 0 Å². The second-order valence-electron chi connectivity index (χ2n) is 6.52. The average molecular weight is 370 g/mol. The predicted octanol–water partition coefficient (Wildman–Crippen LogP) is 2.13. The molecule has 0 saturated carbocycles. The number of hydrogen-bond acceptors (Lipinski definition) is 4. The molecule has 0 aliphatic rings. The Labute approximate surface area is 152 Å². The van der Waals surface area contributed by atoms with Gasteiger partial charge >= 0.3 is 0 Å². The average Bonchev–Trinajstić information content (AvgIpc) is 2.52. The maximum atomic E-state index is 11.7. The molecule has 0 radical (unpaired) electrons. The summed E-state index contributed by atoms with van der Waals surface area (Å²) in [6.45, 7) is 8.83. The highest BCUT2D eigenvalue weighted by atomic mass is 32.2. The molecule has 1 aromatic carbocycles. The minimum absolute atomic E-state index is 0.373. The van der Waals surface area contributed by atoms with Gasteiger partial charge in [-0.25, -0.2) is 8.42 Å². The van der Waals surface area contributed by atoms with Gasteiger partial charge in [0, 0.05) is 33.0 Å². The Hall–Kier alpha value is -1.60. The van der Waals surface area contributed by atoms with Gasteiger partial charge < -0.3 is 15.4 Å². The van der Waals surface area contributed by atoms with Crippen LogP contribution in [0.25, 0.3) is 0 Å². The number of rotatable bonds is 9. The van der Waals surface area contributed by atoms with Crippen LogP contribution in [0, 0.1) is 12.8 Å². The van der Waals surface area contributed by atoms with Crippen LogP contribution in [0.2, 0.25) is 0 Å². The number of hydrogen-bond donors (Lipinski definition) is 2. The number of aryl methyl sites for hydroxylation is 1. The molecule has 0 heterocycles. The lowest BCUT2D eigenvalue weighted by atomic mass is 10.1. The fourth-order valence-corrected chi connectivity index (χ4v) is 3.27. The van der Waals surface area contributed by atoms with Crippen molar-refractivity contribution in [2.24, 2.45) is 10.9 Å². The van der Waals surface area contributed by atoms with Crippen molar-refractivity contribution in [2.75, 3.05) is 33.1 Å². The Morgan fingerprint density at radius 2 is 1.96 bits per heavy atom. The number of aliphatic imine (C=N–C) groups is 1. The molecule has 0 saturated heterocycles. The zero-order valence-corrected chi connectivity index (χ0v) is 16.7. The van der Waals surface area contributed by atoms with Gasteiger partial charge in [0.1, 0.15) is 0 Å². The molecule has 0 amide bonds. The van der Waals surface area contributed by atoms with Gasteiger partial charge in [-0.1, -0.05) is 26.0 Å². The Morgan fingerprint density at radius 3 is 2.52 bits per heavy atom. The molecule has 0 aliphatic carbocycles. The van der Waals surface area contributed by atoms with Crippen LogP contribution >= 0.6 is 0 Å². The van der Waals surface area contributed by atoms with Gasteiger partial charge in [0.05, 0.1) is 11.5 Å². The summed E-state index contributed by atoms with van der Waals surface area (Å²) in [5, 5.41) is 6.41. The predicted molar refractivity (Wildman–Crippen MR) is 103 cm³/mol. The van der Waals surface area contributed by atoms with Crippen LogP contribution < -0.4 is 10.6 Å². The molecule has 2 N–H and O–H groups in total. The number of ether oxygens (including phenoxy) is 1. The largest absolute Gasteiger partial charge is 0.380 e. The van der Waals surface area contributed by atoms with E-state index in [9.17, 15) is 8.42 Å². The molecule has 0 unspecified atom stereocenters. The van der Waals surface area contributed by atoms with Crippen molar-refractivity contribution in [2.45, 2.75) is 38.6 Å². The van der Waals surface area contributed by atoms with Crippen LogP contribution in [0.1, 0.15) is 31.4 Å². The van der Waals surface area contributed by atoms with Gasteiger partial charge in [-0.2, -0.15) is 0 Å². The first-order valence-electron chi connectivity index (χ1n) is 8.56. The molecular formula is C18H31N3O3S. The molecule has 7 heteroatoms. The summed E-state index contributed by atoms with van der Waals surface area (Å²) >= 11 is 0. The molecule has 0 aliphatic heterocycles. The first-order chi connectivity index (χ1) is 11.7. The van der Waals surface area contributed by atoms with E-state index >= 15 is 0 Å². The summed E-state index contributed by atoms with van der Waals surface area (Å²) in [4.78, 5) is 4.54. The Kier molecular flexibility index (Phi) is 8.92. The molecule has 0 aromatic heterocycles. The fourth-order valence-electron chi connectivity index (χ4n) is 2.31. The van der Waals surface area contributed by atoms with E-state index in [1.807, 2.05) is 12.1 Å². The Morgan fingerprint density at radius 1 is 1.24 bits per heavy atom. The molecule has 142 valence electrons. The summed E-state index contributed by atoms with van der Waals surface area (Å²) < 4.78 is 28.9. The minimum Gasteiger partial charge on any atom is -0.380 e. The monoisotopic (exact) mass is 369 g/mol. The molecule has 0 fully saturated rings. The third-order valence-electron chi connectivity index (χ3n) is 3.70. The first kappa shape index (κ1) is 21.4. The molecule has 0 bridgehead atoms. The quantitative estimate of drug-likeness (QED) is 0.396. The highest BCUT2D eigenvalue weighted by Crippen LogP contribution is 2.16. The standard InChI is InChI=1S/C18H31N3O3S/c1-14(2)8-10-24-11-9-20-18(19-4)21-13-16-6-7-17(15(3)12-16)25(5,22)23/h6-7,12,14H,8-11,13H2,1-5H3,(H2,19,20,21). The molecule has 0 atom stereocenters. The number of sulfone groups is 1. The Balaban J connectivity index is 2.41. The summed E-state index contributed by atoms with van der Waals surface area (Å²) in [5.74, 6) is 1.34. The van der Waals surface area contributed by atoms with Crippen LogP contribution in [-0.2, 0) is 21.1 Å². The molecular weight excluding hydrogens is 338 g/mol. The topological polar surface area (TPSA) is 79.8 Å². The summed E-state index contributed by atoms with van der Waals surface area (Å²) in [6.07, 6.45) is 2.29. The maximum Gasteiger partial charge on any atom is 0.191 e. The van der Waals surface area contributed by atoms with E-state index in [2.05, 4.69) is 29.5 Å². The Bertz CT molecular complexity index is 670. The molecule has 1 rings (SSSR count). The second kappa shape index (κ2) is 10.4. The zero-order valence-electron chi connectivity index (χ0n) is 15.9. The van der Waals surface area contributed by atoms with Crippen molar-refractivity contribution in [3.8, 4) is 0 Å². The van der Waals surface area contributed by atoms with Crippen molar-refractivity contribution in [3.05, 3.63) is 29.3 Å². The van der Waals surface area contributed by atoms with E-state index in [4.69, 9.17) is 4.74 Å². The molecule has 6 nitrogen and oxygen atoms in total. The smallest absolute Gasteiger partial charge is 0.191 e. The summed E-state index contributed by atoms with van der Waals surface area (Å²) in [5.41, 5.74) is 1.75.